The van der Waals surface area contributed by atoms with Crippen molar-refractivity contribution in [3.8, 4) is 0 Å². The van der Waals surface area contributed by atoms with E-state index in [1.54, 1.807) is 4.90 Å². The van der Waals surface area contributed by atoms with Crippen LogP contribution in [0.5, 0.6) is 0 Å². The molecule has 2 aromatic carbocycles. The van der Waals surface area contributed by atoms with Gasteiger partial charge < -0.3 is 14.6 Å². The Morgan fingerprint density at radius 1 is 1.04 bits per heavy atom. The van der Waals surface area contributed by atoms with Gasteiger partial charge in [-0.3, -0.25) is 4.79 Å². The van der Waals surface area contributed by atoms with Gasteiger partial charge in [0.2, 0.25) is 5.91 Å². The summed E-state index contributed by atoms with van der Waals surface area (Å²) in [6.07, 6.45) is 0.319. The number of carbonyl (C=O) groups is 1. The Morgan fingerprint density at radius 3 is 2.17 bits per heavy atom. The van der Waals surface area contributed by atoms with E-state index in [1.165, 1.54) is 10.8 Å². The number of carbonyl (C=O) groups excluding carboxylic acids is 1. The van der Waals surface area contributed by atoms with Crippen LogP contribution in [-0.4, -0.2) is 39.7 Å². The molecule has 0 spiro atoms. The Kier molecular flexibility index (Phi) is 3.77. The lowest BCUT2D eigenvalue weighted by atomic mass is 10.1. The van der Waals surface area contributed by atoms with Gasteiger partial charge in [-0.25, -0.2) is 0 Å². The minimum atomic E-state index is -0.571. The van der Waals surface area contributed by atoms with E-state index in [-0.39, 0.29) is 11.8 Å². The summed E-state index contributed by atoms with van der Waals surface area (Å²) in [5, 5.41) is 13.0. The fourth-order valence-electron chi connectivity index (χ4n) is 3.80. The Morgan fingerprint density at radius 2 is 1.62 bits per heavy atom. The number of aromatic nitrogens is 1. The van der Waals surface area contributed by atoms with Gasteiger partial charge in [0.1, 0.15) is 0 Å². The molecule has 0 bridgehead atoms. The third kappa shape index (κ3) is 2.47. The molecule has 4 heteroatoms. The number of nitrogens with zero attached hydrogens (tertiary/aromatic N) is 2. The predicted molar refractivity (Wildman–Crippen MR) is 95.8 cm³/mol. The molecule has 1 aliphatic rings. The number of fused-ring (bicyclic) bond motifs is 3. The van der Waals surface area contributed by atoms with E-state index in [0.717, 1.165) is 24.0 Å². The van der Waals surface area contributed by atoms with Crippen molar-refractivity contribution in [1.82, 2.24) is 9.47 Å². The highest BCUT2D eigenvalue weighted by molar-refractivity contribution is 6.07. The fraction of sp³-hybridized carbons (Fsp3) is 0.350. The molecule has 1 N–H and O–H groups in total. The number of hydrogen-bond donors (Lipinski definition) is 1. The van der Waals surface area contributed by atoms with Gasteiger partial charge in [-0.05, 0) is 18.6 Å². The smallest absolute Gasteiger partial charge is 0.225 e. The molecule has 3 aromatic rings. The van der Waals surface area contributed by atoms with Crippen LogP contribution in [0, 0.1) is 5.92 Å². The zero-order chi connectivity index (χ0) is 16.7. The van der Waals surface area contributed by atoms with E-state index in [2.05, 4.69) is 28.8 Å². The average molecular weight is 322 g/mol. The zero-order valence-corrected chi connectivity index (χ0v) is 13.9. The van der Waals surface area contributed by atoms with Crippen molar-refractivity contribution in [2.75, 3.05) is 13.1 Å². The Bertz CT molecular complexity index is 846. The second kappa shape index (κ2) is 5.95. The van der Waals surface area contributed by atoms with Crippen LogP contribution in [0.2, 0.25) is 0 Å². The lowest BCUT2D eigenvalue weighted by Gasteiger charge is -2.21. The van der Waals surface area contributed by atoms with Gasteiger partial charge in [0, 0.05) is 40.8 Å². The summed E-state index contributed by atoms with van der Waals surface area (Å²) in [6.45, 7) is 3.61. The predicted octanol–water partition coefficient (Wildman–Crippen LogP) is 3.02. The lowest BCUT2D eigenvalue weighted by molar-refractivity contribution is -0.131. The molecule has 24 heavy (non-hydrogen) atoms. The van der Waals surface area contributed by atoms with Crippen molar-refractivity contribution in [3.05, 3.63) is 48.5 Å². The lowest BCUT2D eigenvalue weighted by Crippen LogP contribution is -2.36. The number of hydrogen-bond acceptors (Lipinski definition) is 2. The van der Waals surface area contributed by atoms with E-state index in [9.17, 15) is 9.90 Å². The molecule has 1 saturated heterocycles. The maximum atomic E-state index is 12.1. The molecule has 0 radical (unpaired) electrons. The second-order valence-corrected chi connectivity index (χ2v) is 6.77. The van der Waals surface area contributed by atoms with Gasteiger partial charge in [0.25, 0.3) is 0 Å². The van der Waals surface area contributed by atoms with Crippen LogP contribution < -0.4 is 0 Å². The molecule has 0 saturated carbocycles. The van der Waals surface area contributed by atoms with Crippen molar-refractivity contribution in [3.63, 3.8) is 0 Å². The summed E-state index contributed by atoms with van der Waals surface area (Å²) in [7, 11) is 0. The van der Waals surface area contributed by atoms with Crippen molar-refractivity contribution < 1.29 is 9.90 Å². The number of likely N-dealkylation sites (tertiary alicyclic amines) is 1. The van der Waals surface area contributed by atoms with Crippen LogP contribution in [0.4, 0.5) is 0 Å². The summed E-state index contributed by atoms with van der Waals surface area (Å²) in [5.74, 6) is 0.252. The van der Waals surface area contributed by atoms with E-state index < -0.39 is 6.10 Å². The molecular weight excluding hydrogens is 300 g/mol. The van der Waals surface area contributed by atoms with Crippen molar-refractivity contribution in [1.29, 1.82) is 0 Å². The Balaban J connectivity index is 1.65. The standard InChI is InChI=1S/C20H22N2O2/c1-14-10-11-21(20(14)24)12-15(23)13-22-18-8-4-2-6-16(18)17-7-3-5-9-19(17)22/h2-9,14-15,23H,10-13H2,1H3/t14-,15-/m0/s1. The molecule has 4 nitrogen and oxygen atoms in total. The molecule has 2 atom stereocenters. The third-order valence-electron chi connectivity index (χ3n) is 5.07. The number of benzene rings is 2. The molecule has 4 rings (SSSR count). The van der Waals surface area contributed by atoms with Crippen molar-refractivity contribution in [2.24, 2.45) is 5.92 Å². The molecule has 1 fully saturated rings. The van der Waals surface area contributed by atoms with E-state index in [0.29, 0.717) is 13.1 Å². The van der Waals surface area contributed by atoms with Crippen LogP contribution >= 0.6 is 0 Å². The van der Waals surface area contributed by atoms with Crippen LogP contribution in [-0.2, 0) is 11.3 Å². The summed E-state index contributed by atoms with van der Waals surface area (Å²) >= 11 is 0. The Hall–Kier alpha value is -2.33. The molecule has 0 aliphatic carbocycles. The molecule has 1 aromatic heterocycles. The summed E-state index contributed by atoms with van der Waals surface area (Å²) in [4.78, 5) is 13.9. The van der Waals surface area contributed by atoms with Gasteiger partial charge in [-0.1, -0.05) is 43.3 Å². The van der Waals surface area contributed by atoms with Crippen LogP contribution in [0.15, 0.2) is 48.5 Å². The van der Waals surface area contributed by atoms with E-state index >= 15 is 0 Å². The van der Waals surface area contributed by atoms with Crippen LogP contribution in [0.3, 0.4) is 0 Å². The first-order chi connectivity index (χ1) is 11.6. The van der Waals surface area contributed by atoms with Gasteiger partial charge >= 0.3 is 0 Å². The Labute approximate surface area is 141 Å². The van der Waals surface area contributed by atoms with E-state index in [4.69, 9.17) is 0 Å². The SMILES string of the molecule is C[C@H]1CCN(C[C@H](O)Cn2c3ccccc3c3ccccc32)C1=O. The zero-order valence-electron chi connectivity index (χ0n) is 13.9. The summed E-state index contributed by atoms with van der Waals surface area (Å²) in [6, 6.07) is 16.5. The average Bonchev–Trinajstić information content (AvgIpc) is 3.08. The number of aliphatic hydroxyl groups excluding tert-OH is 1. The molecule has 124 valence electrons. The monoisotopic (exact) mass is 322 g/mol. The van der Waals surface area contributed by atoms with Crippen LogP contribution in [0.1, 0.15) is 13.3 Å². The van der Waals surface area contributed by atoms with Gasteiger partial charge in [-0.2, -0.15) is 0 Å². The summed E-state index contributed by atoms with van der Waals surface area (Å²) in [5.41, 5.74) is 2.25. The maximum Gasteiger partial charge on any atom is 0.225 e. The highest BCUT2D eigenvalue weighted by Gasteiger charge is 2.29. The highest BCUT2D eigenvalue weighted by Crippen LogP contribution is 2.29. The highest BCUT2D eigenvalue weighted by atomic mass is 16.3. The first-order valence-electron chi connectivity index (χ1n) is 8.58. The molecule has 2 heterocycles. The second-order valence-electron chi connectivity index (χ2n) is 6.77. The number of rotatable bonds is 4. The van der Waals surface area contributed by atoms with Gasteiger partial charge in [0.05, 0.1) is 12.6 Å². The van der Waals surface area contributed by atoms with E-state index in [1.807, 2.05) is 31.2 Å². The minimum absolute atomic E-state index is 0.0884. The number of para-hydroxylation sites is 2. The number of aliphatic hydroxyl groups is 1. The molecule has 0 unspecified atom stereocenters. The first-order valence-corrected chi connectivity index (χ1v) is 8.58. The number of β-amino-alcohol motifs (C(OH)–C–C–N with tert-alkyl or cyclic N) is 1. The number of amides is 1. The third-order valence-corrected chi connectivity index (χ3v) is 5.07. The molecular formula is C20H22N2O2. The van der Waals surface area contributed by atoms with Gasteiger partial charge in [-0.15, -0.1) is 0 Å². The topological polar surface area (TPSA) is 45.5 Å². The van der Waals surface area contributed by atoms with Crippen molar-refractivity contribution in [2.45, 2.75) is 26.0 Å². The fourth-order valence-corrected chi connectivity index (χ4v) is 3.80. The normalized spacial score (nSPS) is 19.5. The van der Waals surface area contributed by atoms with Crippen molar-refractivity contribution >= 4 is 27.7 Å². The minimum Gasteiger partial charge on any atom is -0.389 e. The quantitative estimate of drug-likeness (QED) is 0.802. The van der Waals surface area contributed by atoms with Gasteiger partial charge in [0.15, 0.2) is 0 Å². The first kappa shape index (κ1) is 15.2. The molecule has 1 amide bonds. The largest absolute Gasteiger partial charge is 0.389 e. The maximum absolute atomic E-state index is 12.1. The van der Waals surface area contributed by atoms with Crippen LogP contribution in [0.25, 0.3) is 21.8 Å². The summed E-state index contributed by atoms with van der Waals surface area (Å²) < 4.78 is 2.17. The molecule has 1 aliphatic heterocycles.